The van der Waals surface area contributed by atoms with Crippen molar-refractivity contribution in [3.63, 3.8) is 0 Å². The average Bonchev–Trinajstić information content (AvgIpc) is 3.15. The summed E-state index contributed by atoms with van der Waals surface area (Å²) in [5.74, 6) is -0.400. The number of pyridine rings is 1. The van der Waals surface area contributed by atoms with E-state index in [1.807, 2.05) is 0 Å². The smallest absolute Gasteiger partial charge is 0.276 e. The summed E-state index contributed by atoms with van der Waals surface area (Å²) < 4.78 is 27.2. The number of sulfonamides is 1. The van der Waals surface area contributed by atoms with Crippen LogP contribution in [0.5, 0.6) is 0 Å². The molecular weight excluding hydrogens is 430 g/mol. The van der Waals surface area contributed by atoms with Gasteiger partial charge in [-0.2, -0.15) is 4.31 Å². The van der Waals surface area contributed by atoms with Crippen LogP contribution in [0, 0.1) is 10.1 Å². The average molecular weight is 445 g/mol. The molecule has 10 nitrogen and oxygen atoms in total. The number of carbonyl (C=O) groups is 1. The highest BCUT2D eigenvalue weighted by molar-refractivity contribution is 7.89. The van der Waals surface area contributed by atoms with E-state index in [0.717, 1.165) is 11.8 Å². The van der Waals surface area contributed by atoms with Crippen molar-refractivity contribution >= 4 is 38.1 Å². The second-order valence-corrected chi connectivity index (χ2v) is 9.42. The molecule has 3 aromatic rings. The highest BCUT2D eigenvalue weighted by Gasteiger charge is 2.31. The van der Waals surface area contributed by atoms with Gasteiger partial charge in [-0.05, 0) is 18.2 Å². The van der Waals surface area contributed by atoms with Crippen molar-refractivity contribution in [2.24, 2.45) is 0 Å². The monoisotopic (exact) mass is 445 g/mol. The van der Waals surface area contributed by atoms with Crippen LogP contribution >= 0.6 is 11.3 Å². The molecule has 0 spiro atoms. The number of benzene rings is 1. The van der Waals surface area contributed by atoms with Crippen molar-refractivity contribution in [1.82, 2.24) is 14.3 Å². The van der Waals surface area contributed by atoms with E-state index in [0.29, 0.717) is 16.4 Å². The summed E-state index contributed by atoms with van der Waals surface area (Å²) in [4.78, 5) is 31.5. The summed E-state index contributed by atoms with van der Waals surface area (Å²) in [5.41, 5.74) is 0.688. The van der Waals surface area contributed by atoms with Crippen molar-refractivity contribution in [2.75, 3.05) is 11.9 Å². The van der Waals surface area contributed by atoms with Gasteiger partial charge in [0.2, 0.25) is 10.0 Å². The lowest BCUT2D eigenvalue weighted by Crippen LogP contribution is -2.35. The molecule has 2 aromatic heterocycles. The molecule has 30 heavy (non-hydrogen) atoms. The summed E-state index contributed by atoms with van der Waals surface area (Å²) in [7, 11) is -3.91. The molecule has 0 atom stereocenters. The molecule has 0 bridgehead atoms. The first-order chi connectivity index (χ1) is 14.3. The Kier molecular flexibility index (Phi) is 5.28. The SMILES string of the molecule is O=C(Nc1nc2c(s1)CN(S(=O)(=O)c1cccc([N+](=O)[O-])c1)CC2)c1ccccn1. The summed E-state index contributed by atoms with van der Waals surface area (Å²) in [6.45, 7) is 0.271. The standard InChI is InChI=1S/C18H15N5O5S2/c24-17(15-6-1-2-8-19-15)21-18-20-14-7-9-22(11-16(14)29-18)30(27,28)13-5-3-4-12(10-13)23(25)26/h1-6,8,10H,7,9,11H2,(H,20,21,24). The van der Waals surface area contributed by atoms with Crippen LogP contribution in [0.15, 0.2) is 53.6 Å². The van der Waals surface area contributed by atoms with Crippen LogP contribution in [0.3, 0.4) is 0 Å². The van der Waals surface area contributed by atoms with E-state index in [1.165, 1.54) is 40.0 Å². The van der Waals surface area contributed by atoms with Crippen molar-refractivity contribution in [2.45, 2.75) is 17.9 Å². The zero-order valence-corrected chi connectivity index (χ0v) is 17.0. The molecule has 0 radical (unpaired) electrons. The van der Waals surface area contributed by atoms with Crippen molar-refractivity contribution < 1.29 is 18.1 Å². The normalized spacial score (nSPS) is 14.1. The number of carbonyl (C=O) groups excluding carboxylic acids is 1. The largest absolute Gasteiger partial charge is 0.296 e. The van der Waals surface area contributed by atoms with E-state index in [-0.39, 0.29) is 29.4 Å². The topological polar surface area (TPSA) is 135 Å². The Balaban J connectivity index is 1.53. The van der Waals surface area contributed by atoms with E-state index < -0.39 is 20.9 Å². The summed E-state index contributed by atoms with van der Waals surface area (Å²) in [6.07, 6.45) is 1.89. The van der Waals surface area contributed by atoms with Gasteiger partial charge in [-0.25, -0.2) is 13.4 Å². The second kappa shape index (κ2) is 7.89. The Hall–Kier alpha value is -3.22. The molecule has 1 aliphatic heterocycles. The van der Waals surface area contributed by atoms with Crippen molar-refractivity contribution in [1.29, 1.82) is 0 Å². The lowest BCUT2D eigenvalue weighted by molar-refractivity contribution is -0.385. The van der Waals surface area contributed by atoms with Gasteiger partial charge in [0.1, 0.15) is 5.69 Å². The maximum atomic E-state index is 13.0. The highest BCUT2D eigenvalue weighted by Crippen LogP contribution is 2.31. The Morgan fingerprint density at radius 1 is 1.23 bits per heavy atom. The van der Waals surface area contributed by atoms with E-state index in [9.17, 15) is 23.3 Å². The lowest BCUT2D eigenvalue weighted by Gasteiger charge is -2.25. The zero-order valence-electron chi connectivity index (χ0n) is 15.4. The first-order valence-electron chi connectivity index (χ1n) is 8.80. The predicted molar refractivity (Wildman–Crippen MR) is 109 cm³/mol. The van der Waals surface area contributed by atoms with Crippen molar-refractivity contribution in [3.05, 3.63) is 75.0 Å². The fourth-order valence-corrected chi connectivity index (χ4v) is 5.55. The number of nitrogens with zero attached hydrogens (tertiary/aromatic N) is 4. The van der Waals surface area contributed by atoms with E-state index in [4.69, 9.17) is 0 Å². The van der Waals surface area contributed by atoms with Gasteiger partial charge in [0.05, 0.1) is 22.1 Å². The van der Waals surface area contributed by atoms with Gasteiger partial charge >= 0.3 is 0 Å². The van der Waals surface area contributed by atoms with Gasteiger partial charge in [0.15, 0.2) is 5.13 Å². The first kappa shape index (κ1) is 20.1. The Labute approximate surface area is 175 Å². The molecular formula is C18H15N5O5S2. The minimum Gasteiger partial charge on any atom is -0.296 e. The van der Waals surface area contributed by atoms with Crippen LogP contribution < -0.4 is 5.32 Å². The fourth-order valence-electron chi connectivity index (χ4n) is 3.00. The summed E-state index contributed by atoms with van der Waals surface area (Å²) >= 11 is 1.20. The molecule has 4 rings (SSSR count). The Morgan fingerprint density at radius 2 is 2.07 bits per heavy atom. The van der Waals surface area contributed by atoms with Crippen molar-refractivity contribution in [3.8, 4) is 0 Å². The molecule has 0 saturated carbocycles. The van der Waals surface area contributed by atoms with Crippen LogP contribution in [0.25, 0.3) is 0 Å². The minimum atomic E-state index is -3.91. The fraction of sp³-hybridized carbons (Fsp3) is 0.167. The quantitative estimate of drug-likeness (QED) is 0.471. The molecule has 0 unspecified atom stereocenters. The third-order valence-corrected chi connectivity index (χ3v) is 7.32. The van der Waals surface area contributed by atoms with Crippen LogP contribution in [-0.4, -0.2) is 40.1 Å². The molecule has 1 aliphatic rings. The van der Waals surface area contributed by atoms with Gasteiger partial charge in [-0.3, -0.25) is 25.2 Å². The third-order valence-electron chi connectivity index (χ3n) is 4.48. The minimum absolute atomic E-state index is 0.0808. The molecule has 154 valence electrons. The number of nitro benzene ring substituents is 1. The van der Waals surface area contributed by atoms with Gasteiger partial charge in [-0.1, -0.05) is 12.1 Å². The van der Waals surface area contributed by atoms with Gasteiger partial charge in [0, 0.05) is 36.2 Å². The molecule has 3 heterocycles. The maximum Gasteiger partial charge on any atom is 0.276 e. The third kappa shape index (κ3) is 3.92. The second-order valence-electron chi connectivity index (χ2n) is 6.40. The summed E-state index contributed by atoms with van der Waals surface area (Å²) in [6, 6.07) is 9.96. The summed E-state index contributed by atoms with van der Waals surface area (Å²) in [5, 5.41) is 14.0. The van der Waals surface area contributed by atoms with E-state index >= 15 is 0 Å². The van der Waals surface area contributed by atoms with E-state index in [1.54, 1.807) is 18.2 Å². The number of aromatic nitrogens is 2. The zero-order chi connectivity index (χ0) is 21.3. The maximum absolute atomic E-state index is 13.0. The number of non-ortho nitro benzene ring substituents is 1. The molecule has 1 N–H and O–H groups in total. The number of amides is 1. The van der Waals surface area contributed by atoms with E-state index in [2.05, 4.69) is 15.3 Å². The number of nitro groups is 1. The first-order valence-corrected chi connectivity index (χ1v) is 11.1. The number of anilines is 1. The molecule has 0 saturated heterocycles. The highest BCUT2D eigenvalue weighted by atomic mass is 32.2. The Morgan fingerprint density at radius 3 is 2.80 bits per heavy atom. The number of thiazole rings is 1. The van der Waals surface area contributed by atoms with Crippen LogP contribution in [0.4, 0.5) is 10.8 Å². The van der Waals surface area contributed by atoms with Crippen LogP contribution in [-0.2, 0) is 23.0 Å². The number of rotatable bonds is 5. The van der Waals surface area contributed by atoms with Gasteiger partial charge in [0.25, 0.3) is 11.6 Å². The van der Waals surface area contributed by atoms with Gasteiger partial charge in [-0.15, -0.1) is 11.3 Å². The molecule has 0 aliphatic carbocycles. The molecule has 12 heteroatoms. The number of hydrogen-bond acceptors (Lipinski definition) is 8. The molecule has 0 fully saturated rings. The number of nitrogens with one attached hydrogen (secondary N) is 1. The van der Waals surface area contributed by atoms with Crippen LogP contribution in [0.1, 0.15) is 21.1 Å². The lowest BCUT2D eigenvalue weighted by atomic mass is 10.2. The molecule has 1 aromatic carbocycles. The van der Waals surface area contributed by atoms with Gasteiger partial charge < -0.3 is 0 Å². The number of hydrogen-bond donors (Lipinski definition) is 1. The Bertz CT molecular complexity index is 1230. The molecule has 1 amide bonds. The van der Waals surface area contributed by atoms with Crippen LogP contribution in [0.2, 0.25) is 0 Å². The number of fused-ring (bicyclic) bond motifs is 1. The predicted octanol–water partition coefficient (Wildman–Crippen LogP) is 2.45.